The minimum atomic E-state index is 0.303. The van der Waals surface area contributed by atoms with E-state index in [0.717, 1.165) is 0 Å². The summed E-state index contributed by atoms with van der Waals surface area (Å²) in [4.78, 5) is 11.3. The number of nitrogen functional groups attached to an aromatic ring is 1. The van der Waals surface area contributed by atoms with Gasteiger partial charge in [0, 0.05) is 11.6 Å². The fourth-order valence-electron chi connectivity index (χ4n) is 2.06. The maximum atomic E-state index is 11.3. The van der Waals surface area contributed by atoms with Gasteiger partial charge < -0.3 is 15.2 Å². The molecule has 0 fully saturated rings. The first-order valence-electron chi connectivity index (χ1n) is 6.31. The summed E-state index contributed by atoms with van der Waals surface area (Å²) in [5.74, 6) is 1.51. The fourth-order valence-corrected chi connectivity index (χ4v) is 2.06. The third-order valence-corrected chi connectivity index (χ3v) is 3.11. The number of carbonyl (C=O) groups excluding carboxylic acids is 1. The molecule has 0 spiro atoms. The lowest BCUT2D eigenvalue weighted by molar-refractivity contribution is 0.112. The molecule has 0 amide bonds. The molecule has 1 heterocycles. The van der Waals surface area contributed by atoms with Crippen molar-refractivity contribution >= 4 is 12.1 Å². The SMILES string of the molecule is C=CCn1nc(-c2ccc(OC)cc2OC)c(C=O)c1N. The Hall–Kier alpha value is -2.76. The molecule has 0 saturated heterocycles. The van der Waals surface area contributed by atoms with Crippen molar-refractivity contribution in [3.63, 3.8) is 0 Å². The van der Waals surface area contributed by atoms with Crippen LogP contribution in [0.5, 0.6) is 11.5 Å². The summed E-state index contributed by atoms with van der Waals surface area (Å²) in [6, 6.07) is 5.28. The summed E-state index contributed by atoms with van der Waals surface area (Å²) in [6.45, 7) is 4.07. The maximum Gasteiger partial charge on any atom is 0.156 e. The number of hydrogen-bond donors (Lipinski definition) is 1. The molecule has 2 N–H and O–H groups in total. The Morgan fingerprint density at radius 1 is 1.38 bits per heavy atom. The molecule has 0 atom stereocenters. The third-order valence-electron chi connectivity index (χ3n) is 3.11. The lowest BCUT2D eigenvalue weighted by atomic mass is 10.1. The fraction of sp³-hybridized carbons (Fsp3) is 0.200. The molecule has 2 rings (SSSR count). The number of carbonyl (C=O) groups is 1. The van der Waals surface area contributed by atoms with Crippen LogP contribution in [0.3, 0.4) is 0 Å². The van der Waals surface area contributed by atoms with E-state index < -0.39 is 0 Å². The number of ether oxygens (including phenoxy) is 2. The molecule has 0 aliphatic rings. The van der Waals surface area contributed by atoms with Crippen molar-refractivity contribution in [2.24, 2.45) is 0 Å². The summed E-state index contributed by atoms with van der Waals surface area (Å²) in [6.07, 6.45) is 2.36. The Labute approximate surface area is 122 Å². The predicted molar refractivity (Wildman–Crippen MR) is 80.8 cm³/mol. The average Bonchev–Trinajstić information content (AvgIpc) is 2.83. The van der Waals surface area contributed by atoms with Gasteiger partial charge in [0.2, 0.25) is 0 Å². The molecule has 0 unspecified atom stereocenters. The van der Waals surface area contributed by atoms with E-state index in [1.165, 1.54) is 4.68 Å². The highest BCUT2D eigenvalue weighted by atomic mass is 16.5. The van der Waals surface area contributed by atoms with E-state index in [2.05, 4.69) is 11.7 Å². The van der Waals surface area contributed by atoms with E-state index in [-0.39, 0.29) is 0 Å². The first-order chi connectivity index (χ1) is 10.2. The average molecular weight is 287 g/mol. The van der Waals surface area contributed by atoms with Crippen LogP contribution in [0.25, 0.3) is 11.3 Å². The van der Waals surface area contributed by atoms with Gasteiger partial charge in [-0.05, 0) is 12.1 Å². The molecule has 0 bridgehead atoms. The number of benzene rings is 1. The Morgan fingerprint density at radius 2 is 2.14 bits per heavy atom. The summed E-state index contributed by atoms with van der Waals surface area (Å²) < 4.78 is 12.0. The van der Waals surface area contributed by atoms with E-state index in [1.54, 1.807) is 38.5 Å². The lowest BCUT2D eigenvalue weighted by Crippen LogP contribution is -2.03. The van der Waals surface area contributed by atoms with Gasteiger partial charge in [0.15, 0.2) is 6.29 Å². The van der Waals surface area contributed by atoms with Crippen LogP contribution in [0.4, 0.5) is 5.82 Å². The molecule has 6 heteroatoms. The number of anilines is 1. The first kappa shape index (κ1) is 14.6. The molecule has 0 aliphatic carbocycles. The summed E-state index contributed by atoms with van der Waals surface area (Å²) in [7, 11) is 3.12. The normalized spacial score (nSPS) is 10.2. The van der Waals surface area contributed by atoms with Crippen LogP contribution in [0.2, 0.25) is 0 Å². The standard InChI is InChI=1S/C15H17N3O3/c1-4-7-18-15(16)12(9-19)14(17-18)11-6-5-10(20-2)8-13(11)21-3/h4-6,8-9H,1,7,16H2,2-3H3. The van der Waals surface area contributed by atoms with E-state index in [1.807, 2.05) is 0 Å². The van der Waals surface area contributed by atoms with Crippen LogP contribution in [0, 0.1) is 0 Å². The van der Waals surface area contributed by atoms with Crippen molar-refractivity contribution in [1.82, 2.24) is 9.78 Å². The Kier molecular flexibility index (Phi) is 4.27. The summed E-state index contributed by atoms with van der Waals surface area (Å²) in [5, 5.41) is 4.37. The van der Waals surface area contributed by atoms with E-state index in [0.29, 0.717) is 47.0 Å². The molecule has 0 aliphatic heterocycles. The van der Waals surface area contributed by atoms with Crippen LogP contribution in [0.1, 0.15) is 10.4 Å². The second-order valence-corrected chi connectivity index (χ2v) is 4.30. The van der Waals surface area contributed by atoms with Crippen molar-refractivity contribution in [1.29, 1.82) is 0 Å². The zero-order valence-corrected chi connectivity index (χ0v) is 12.0. The zero-order chi connectivity index (χ0) is 15.4. The Balaban J connectivity index is 2.63. The second kappa shape index (κ2) is 6.13. The molecule has 1 aromatic carbocycles. The topological polar surface area (TPSA) is 79.4 Å². The number of nitrogens with two attached hydrogens (primary N) is 1. The number of nitrogens with zero attached hydrogens (tertiary/aromatic N) is 2. The third kappa shape index (κ3) is 2.60. The molecule has 1 aromatic heterocycles. The van der Waals surface area contributed by atoms with E-state index in [4.69, 9.17) is 15.2 Å². The van der Waals surface area contributed by atoms with Gasteiger partial charge in [-0.25, -0.2) is 4.68 Å². The van der Waals surface area contributed by atoms with Gasteiger partial charge in [0.25, 0.3) is 0 Å². The summed E-state index contributed by atoms with van der Waals surface area (Å²) >= 11 is 0. The Morgan fingerprint density at radius 3 is 2.71 bits per heavy atom. The number of allylic oxidation sites excluding steroid dienone is 1. The van der Waals surface area contributed by atoms with Gasteiger partial charge in [-0.2, -0.15) is 5.10 Å². The quantitative estimate of drug-likeness (QED) is 0.650. The van der Waals surface area contributed by atoms with Gasteiger partial charge in [0.05, 0.1) is 26.3 Å². The monoisotopic (exact) mass is 287 g/mol. The van der Waals surface area contributed by atoms with Crippen LogP contribution >= 0.6 is 0 Å². The molecule has 0 radical (unpaired) electrons. The van der Waals surface area contributed by atoms with Crippen LogP contribution in [-0.4, -0.2) is 30.3 Å². The highest BCUT2D eigenvalue weighted by Crippen LogP contribution is 2.35. The first-order valence-corrected chi connectivity index (χ1v) is 6.31. The highest BCUT2D eigenvalue weighted by molar-refractivity contribution is 5.93. The summed E-state index contributed by atoms with van der Waals surface area (Å²) in [5.41, 5.74) is 7.43. The van der Waals surface area contributed by atoms with Crippen molar-refractivity contribution in [2.45, 2.75) is 6.54 Å². The van der Waals surface area contributed by atoms with Crippen molar-refractivity contribution < 1.29 is 14.3 Å². The van der Waals surface area contributed by atoms with Gasteiger partial charge >= 0.3 is 0 Å². The maximum absolute atomic E-state index is 11.3. The van der Waals surface area contributed by atoms with Crippen molar-refractivity contribution in [3.05, 3.63) is 36.4 Å². The molecular weight excluding hydrogens is 270 g/mol. The zero-order valence-electron chi connectivity index (χ0n) is 12.0. The van der Waals surface area contributed by atoms with Gasteiger partial charge in [-0.3, -0.25) is 4.79 Å². The molecular formula is C15H17N3O3. The lowest BCUT2D eigenvalue weighted by Gasteiger charge is -2.09. The molecule has 0 saturated carbocycles. The minimum absolute atomic E-state index is 0.303. The molecule has 21 heavy (non-hydrogen) atoms. The van der Waals surface area contributed by atoms with Crippen LogP contribution in [0.15, 0.2) is 30.9 Å². The van der Waals surface area contributed by atoms with Crippen molar-refractivity contribution in [2.75, 3.05) is 20.0 Å². The van der Waals surface area contributed by atoms with Gasteiger partial charge in [-0.15, -0.1) is 6.58 Å². The predicted octanol–water partition coefficient (Wildman–Crippen LogP) is 2.15. The number of aldehydes is 1. The minimum Gasteiger partial charge on any atom is -0.497 e. The van der Waals surface area contributed by atoms with Gasteiger partial charge in [0.1, 0.15) is 23.0 Å². The van der Waals surface area contributed by atoms with Crippen molar-refractivity contribution in [3.8, 4) is 22.8 Å². The molecule has 110 valence electrons. The smallest absolute Gasteiger partial charge is 0.156 e. The number of aromatic nitrogens is 2. The molecule has 6 nitrogen and oxygen atoms in total. The number of methoxy groups -OCH3 is 2. The molecule has 2 aromatic rings. The van der Waals surface area contributed by atoms with Crippen LogP contribution < -0.4 is 15.2 Å². The highest BCUT2D eigenvalue weighted by Gasteiger charge is 2.19. The Bertz CT molecular complexity index is 677. The number of rotatable bonds is 6. The van der Waals surface area contributed by atoms with E-state index >= 15 is 0 Å². The van der Waals surface area contributed by atoms with E-state index in [9.17, 15) is 4.79 Å². The second-order valence-electron chi connectivity index (χ2n) is 4.30. The van der Waals surface area contributed by atoms with Crippen LogP contribution in [-0.2, 0) is 6.54 Å². The largest absolute Gasteiger partial charge is 0.497 e. The van der Waals surface area contributed by atoms with Gasteiger partial charge in [-0.1, -0.05) is 6.08 Å². The number of hydrogen-bond acceptors (Lipinski definition) is 5.